The predicted molar refractivity (Wildman–Crippen MR) is 31.2 cm³/mol. The van der Waals surface area contributed by atoms with Gasteiger partial charge in [0.05, 0.1) is 0 Å². The molecule has 1 fully saturated rings. The van der Waals surface area contributed by atoms with Crippen LogP contribution in [0.3, 0.4) is 0 Å². The first-order valence-corrected chi connectivity index (χ1v) is 4.96. The van der Waals surface area contributed by atoms with Gasteiger partial charge in [-0.3, -0.25) is 0 Å². The van der Waals surface area contributed by atoms with Crippen molar-refractivity contribution in [1.82, 2.24) is 10.9 Å². The van der Waals surface area contributed by atoms with Gasteiger partial charge in [-0.15, -0.1) is 0 Å². The van der Waals surface area contributed by atoms with Gasteiger partial charge in [0.2, 0.25) is 0 Å². The van der Waals surface area contributed by atoms with Crippen LogP contribution >= 0.6 is 0 Å². The van der Waals surface area contributed by atoms with Crippen LogP contribution in [0.5, 0.6) is 0 Å². The zero-order valence-electron chi connectivity index (χ0n) is 4.24. The molecule has 0 saturated carbocycles. The van der Waals surface area contributed by atoms with Gasteiger partial charge in [-0.25, -0.2) is 0 Å². The molecule has 1 rings (SSSR count). The predicted octanol–water partition coefficient (Wildman–Crippen LogP) is -0.436. The van der Waals surface area contributed by atoms with Crippen LogP contribution in [0.4, 0.5) is 0 Å². The van der Waals surface area contributed by atoms with E-state index in [9.17, 15) is 0 Å². The summed E-state index contributed by atoms with van der Waals surface area (Å²) in [5.74, 6) is 0. The Kier molecular flexibility index (Phi) is 2.74. The molecule has 0 aromatic heterocycles. The van der Waals surface area contributed by atoms with Crippen LogP contribution in [0.15, 0.2) is 0 Å². The third kappa shape index (κ3) is 2.29. The summed E-state index contributed by atoms with van der Waals surface area (Å²) in [6.45, 7) is 1.15. The fourth-order valence-corrected chi connectivity index (χ4v) is 1.99. The Balaban J connectivity index is 2.04. The van der Waals surface area contributed by atoms with E-state index in [0.717, 1.165) is 21.5 Å². The fraction of sp³-hybridized carbons (Fsp3) is 1.00. The molecular weight excluding hydrogens is 155 g/mol. The molecule has 42 valence electrons. The average molecular weight is 165 g/mol. The Bertz CT molecular complexity index is 29.3. The van der Waals surface area contributed by atoms with Crippen molar-refractivity contribution in [2.24, 2.45) is 0 Å². The number of hydrogen-bond donors (Lipinski definition) is 2. The van der Waals surface area contributed by atoms with Crippen LogP contribution in [0, 0.1) is 0 Å². The minimum absolute atomic E-state index is 0.865. The molecule has 0 bridgehead atoms. The standard InChI is InChI=1S/C4H10N2Se/c1-2-5-6-4-7-3-1/h5-6H,1-4H2. The van der Waals surface area contributed by atoms with Crippen molar-refractivity contribution in [2.75, 3.05) is 12.0 Å². The second-order valence-electron chi connectivity index (χ2n) is 1.51. The summed E-state index contributed by atoms with van der Waals surface area (Å²) >= 11 is 0.865. The van der Waals surface area contributed by atoms with E-state index >= 15 is 0 Å². The first-order valence-electron chi connectivity index (χ1n) is 2.53. The molecule has 0 aromatic carbocycles. The van der Waals surface area contributed by atoms with Crippen LogP contribution in [-0.4, -0.2) is 26.9 Å². The number of hydrogen-bond acceptors (Lipinski definition) is 2. The molecule has 0 aliphatic carbocycles. The molecule has 0 radical (unpaired) electrons. The molecule has 0 spiro atoms. The van der Waals surface area contributed by atoms with Crippen molar-refractivity contribution >= 4 is 15.0 Å². The van der Waals surface area contributed by atoms with Crippen LogP contribution in [0.1, 0.15) is 6.42 Å². The van der Waals surface area contributed by atoms with Gasteiger partial charge in [-0.2, -0.15) is 0 Å². The van der Waals surface area contributed by atoms with E-state index in [1.54, 1.807) is 0 Å². The Labute approximate surface area is 50.2 Å². The second kappa shape index (κ2) is 3.44. The molecule has 1 heterocycles. The summed E-state index contributed by atoms with van der Waals surface area (Å²) in [6, 6.07) is 0. The molecule has 0 unspecified atom stereocenters. The maximum atomic E-state index is 3.12. The Morgan fingerprint density at radius 2 is 2.29 bits per heavy atom. The molecular formula is C4H10N2Se. The van der Waals surface area contributed by atoms with Gasteiger partial charge in [-0.05, 0) is 0 Å². The summed E-state index contributed by atoms with van der Waals surface area (Å²) in [4.78, 5) is 0. The first kappa shape index (κ1) is 5.57. The number of hydrazine groups is 1. The van der Waals surface area contributed by atoms with E-state index < -0.39 is 0 Å². The Morgan fingerprint density at radius 3 is 3.29 bits per heavy atom. The van der Waals surface area contributed by atoms with Gasteiger partial charge >= 0.3 is 49.5 Å². The second-order valence-corrected chi connectivity index (χ2v) is 3.83. The van der Waals surface area contributed by atoms with Crippen LogP contribution in [0.25, 0.3) is 0 Å². The molecule has 2 N–H and O–H groups in total. The summed E-state index contributed by atoms with van der Waals surface area (Å²) in [6.07, 6.45) is 1.35. The third-order valence-corrected chi connectivity index (χ3v) is 2.83. The molecule has 1 saturated heterocycles. The van der Waals surface area contributed by atoms with Crippen molar-refractivity contribution in [3.63, 3.8) is 0 Å². The van der Waals surface area contributed by atoms with Gasteiger partial charge < -0.3 is 0 Å². The fourth-order valence-electron chi connectivity index (χ4n) is 0.525. The van der Waals surface area contributed by atoms with Crippen molar-refractivity contribution in [1.29, 1.82) is 0 Å². The van der Waals surface area contributed by atoms with E-state index in [2.05, 4.69) is 10.9 Å². The van der Waals surface area contributed by atoms with Gasteiger partial charge in [0.25, 0.3) is 0 Å². The Morgan fingerprint density at radius 1 is 1.29 bits per heavy atom. The maximum absolute atomic E-state index is 3.12. The van der Waals surface area contributed by atoms with Crippen molar-refractivity contribution in [2.45, 2.75) is 11.7 Å². The molecule has 2 nitrogen and oxygen atoms in total. The molecule has 1 aliphatic heterocycles. The molecule has 7 heavy (non-hydrogen) atoms. The van der Waals surface area contributed by atoms with E-state index in [0.29, 0.717) is 0 Å². The molecule has 0 amide bonds. The summed E-state index contributed by atoms with van der Waals surface area (Å²) in [7, 11) is 0. The van der Waals surface area contributed by atoms with Crippen LogP contribution in [-0.2, 0) is 0 Å². The molecule has 0 aromatic rings. The molecule has 0 atom stereocenters. The third-order valence-electron chi connectivity index (χ3n) is 0.890. The zero-order chi connectivity index (χ0) is 4.95. The molecule has 1 aliphatic rings. The van der Waals surface area contributed by atoms with E-state index in [-0.39, 0.29) is 0 Å². The number of rotatable bonds is 0. The van der Waals surface area contributed by atoms with Crippen LogP contribution < -0.4 is 10.9 Å². The van der Waals surface area contributed by atoms with Gasteiger partial charge in [-0.1, -0.05) is 0 Å². The summed E-state index contributed by atoms with van der Waals surface area (Å²) < 4.78 is 0. The topological polar surface area (TPSA) is 24.1 Å². The van der Waals surface area contributed by atoms with Gasteiger partial charge in [0.1, 0.15) is 0 Å². The normalized spacial score (nSPS) is 24.0. The van der Waals surface area contributed by atoms with E-state index in [1.807, 2.05) is 0 Å². The van der Waals surface area contributed by atoms with Crippen molar-refractivity contribution in [3.05, 3.63) is 0 Å². The average Bonchev–Trinajstić information content (AvgIpc) is 1.90. The zero-order valence-corrected chi connectivity index (χ0v) is 5.95. The quantitative estimate of drug-likeness (QED) is 0.476. The van der Waals surface area contributed by atoms with Gasteiger partial charge in [0.15, 0.2) is 0 Å². The number of nitrogens with one attached hydrogen (secondary N) is 2. The van der Waals surface area contributed by atoms with Gasteiger partial charge in [0, 0.05) is 0 Å². The minimum atomic E-state index is 0.865. The summed E-state index contributed by atoms with van der Waals surface area (Å²) in [5, 5.41) is 1.44. The monoisotopic (exact) mass is 166 g/mol. The van der Waals surface area contributed by atoms with Crippen LogP contribution in [0.2, 0.25) is 5.32 Å². The SMILES string of the molecule is C1CNNC[Se]C1. The molecule has 3 heteroatoms. The van der Waals surface area contributed by atoms with E-state index in [1.165, 1.54) is 17.2 Å². The van der Waals surface area contributed by atoms with E-state index in [4.69, 9.17) is 0 Å². The van der Waals surface area contributed by atoms with Crippen molar-refractivity contribution < 1.29 is 0 Å². The first-order chi connectivity index (χ1) is 3.50. The Hall–Kier alpha value is 0.439. The summed E-state index contributed by atoms with van der Waals surface area (Å²) in [5.41, 5.74) is 7.44. The van der Waals surface area contributed by atoms with Crippen molar-refractivity contribution in [3.8, 4) is 0 Å².